The third-order valence-corrected chi connectivity index (χ3v) is 3.78. The summed E-state index contributed by atoms with van der Waals surface area (Å²) in [6.45, 7) is 12.2. The Labute approximate surface area is 123 Å². The van der Waals surface area contributed by atoms with Crippen LogP contribution in [0.4, 0.5) is 0 Å². The van der Waals surface area contributed by atoms with Crippen LogP contribution in [0.2, 0.25) is 0 Å². The Balaban J connectivity index is 2.17. The first-order chi connectivity index (χ1) is 9.10. The molecule has 2 rings (SSSR count). The molecule has 1 aliphatic rings. The smallest absolute Gasteiger partial charge is 0.162 e. The lowest BCUT2D eigenvalue weighted by molar-refractivity contribution is 0.171. The number of fused-ring (bicyclic) bond motifs is 1. The van der Waals surface area contributed by atoms with Crippen LogP contribution in [0.15, 0.2) is 28.8 Å². The average Bonchev–Trinajstić information content (AvgIpc) is 2.38. The number of hydrogen-bond donors (Lipinski definition) is 0. The summed E-state index contributed by atoms with van der Waals surface area (Å²) in [6, 6.07) is 4.07. The van der Waals surface area contributed by atoms with Crippen LogP contribution in [0.5, 0.6) is 11.5 Å². The van der Waals surface area contributed by atoms with Gasteiger partial charge in [0, 0.05) is 17.6 Å². The highest BCUT2D eigenvalue weighted by Crippen LogP contribution is 2.36. The zero-order chi connectivity index (χ0) is 13.8. The number of ether oxygens (including phenoxy) is 2. The molecule has 0 aromatic heterocycles. The van der Waals surface area contributed by atoms with Crippen molar-refractivity contribution in [2.45, 2.75) is 20.4 Å². The standard InChI is InChI=1S/C15H20BrNO2/c1-4-17(9-11(2)3)10-12-7-14-15(8-13(12)16)19-6-5-18-14/h7-8H,2,4-6,9-10H2,1,3H3. The fraction of sp³-hybridized carbons (Fsp3) is 0.467. The molecule has 3 nitrogen and oxygen atoms in total. The molecule has 104 valence electrons. The van der Waals surface area contributed by atoms with E-state index >= 15 is 0 Å². The van der Waals surface area contributed by atoms with E-state index in [0.29, 0.717) is 13.2 Å². The van der Waals surface area contributed by atoms with E-state index in [2.05, 4.69) is 47.3 Å². The molecule has 0 N–H and O–H groups in total. The third-order valence-electron chi connectivity index (χ3n) is 3.05. The highest BCUT2D eigenvalue weighted by atomic mass is 79.9. The first-order valence-electron chi connectivity index (χ1n) is 6.55. The zero-order valence-electron chi connectivity index (χ0n) is 11.5. The lowest BCUT2D eigenvalue weighted by Crippen LogP contribution is -2.25. The van der Waals surface area contributed by atoms with Crippen molar-refractivity contribution >= 4 is 15.9 Å². The summed E-state index contributed by atoms with van der Waals surface area (Å²) in [5.41, 5.74) is 2.39. The van der Waals surface area contributed by atoms with Crippen molar-refractivity contribution in [2.75, 3.05) is 26.3 Å². The maximum atomic E-state index is 5.63. The zero-order valence-corrected chi connectivity index (χ0v) is 13.1. The molecule has 19 heavy (non-hydrogen) atoms. The summed E-state index contributed by atoms with van der Waals surface area (Å²) in [4.78, 5) is 2.35. The van der Waals surface area contributed by atoms with E-state index in [1.54, 1.807) is 0 Å². The van der Waals surface area contributed by atoms with Crippen LogP contribution in [-0.2, 0) is 6.54 Å². The first-order valence-corrected chi connectivity index (χ1v) is 7.34. The summed E-state index contributed by atoms with van der Waals surface area (Å²) in [7, 11) is 0. The largest absolute Gasteiger partial charge is 0.486 e. The van der Waals surface area contributed by atoms with Crippen molar-refractivity contribution in [1.82, 2.24) is 4.90 Å². The Morgan fingerprint density at radius 1 is 1.32 bits per heavy atom. The Morgan fingerprint density at radius 2 is 1.95 bits per heavy atom. The monoisotopic (exact) mass is 325 g/mol. The minimum atomic E-state index is 0.621. The molecular weight excluding hydrogens is 306 g/mol. The van der Waals surface area contributed by atoms with Crippen molar-refractivity contribution in [2.24, 2.45) is 0 Å². The molecule has 1 aromatic carbocycles. The van der Waals surface area contributed by atoms with Crippen molar-refractivity contribution in [3.63, 3.8) is 0 Å². The lowest BCUT2D eigenvalue weighted by Gasteiger charge is -2.24. The van der Waals surface area contributed by atoms with Crippen LogP contribution < -0.4 is 9.47 Å². The van der Waals surface area contributed by atoms with Gasteiger partial charge in [0.25, 0.3) is 0 Å². The van der Waals surface area contributed by atoms with Gasteiger partial charge in [-0.25, -0.2) is 0 Å². The van der Waals surface area contributed by atoms with Gasteiger partial charge in [0.15, 0.2) is 11.5 Å². The lowest BCUT2D eigenvalue weighted by atomic mass is 10.1. The molecule has 0 bridgehead atoms. The summed E-state index contributed by atoms with van der Waals surface area (Å²) < 4.78 is 12.3. The molecule has 4 heteroatoms. The third kappa shape index (κ3) is 3.74. The summed E-state index contributed by atoms with van der Waals surface area (Å²) in [5.74, 6) is 1.67. The molecular formula is C15H20BrNO2. The molecule has 0 saturated carbocycles. The molecule has 0 fully saturated rings. The normalized spacial score (nSPS) is 13.7. The van der Waals surface area contributed by atoms with E-state index in [0.717, 1.165) is 35.6 Å². The molecule has 1 aliphatic heterocycles. The molecule has 0 radical (unpaired) electrons. The summed E-state index contributed by atoms with van der Waals surface area (Å²) >= 11 is 3.61. The fourth-order valence-electron chi connectivity index (χ4n) is 2.13. The van der Waals surface area contributed by atoms with Crippen molar-refractivity contribution in [1.29, 1.82) is 0 Å². The van der Waals surface area contributed by atoms with Crippen LogP contribution in [-0.4, -0.2) is 31.2 Å². The molecule has 1 aromatic rings. The van der Waals surface area contributed by atoms with Gasteiger partial charge in [-0.2, -0.15) is 0 Å². The second kappa shape index (κ2) is 6.44. The Bertz CT molecular complexity index is 473. The van der Waals surface area contributed by atoms with E-state index < -0.39 is 0 Å². The number of likely N-dealkylation sites (N-methyl/N-ethyl adjacent to an activating group) is 1. The number of rotatable bonds is 5. The first kappa shape index (κ1) is 14.4. The molecule has 0 saturated heterocycles. The van der Waals surface area contributed by atoms with Gasteiger partial charge in [-0.15, -0.1) is 0 Å². The molecule has 0 spiro atoms. The number of nitrogens with zero attached hydrogens (tertiary/aromatic N) is 1. The topological polar surface area (TPSA) is 21.7 Å². The second-order valence-corrected chi connectivity index (χ2v) is 5.70. The highest BCUT2D eigenvalue weighted by Gasteiger charge is 2.16. The van der Waals surface area contributed by atoms with Crippen LogP contribution in [0.25, 0.3) is 0 Å². The SMILES string of the molecule is C=C(C)CN(CC)Cc1cc2c(cc1Br)OCCO2. The predicted octanol–water partition coefficient (Wildman–Crippen LogP) is 3.62. The maximum absolute atomic E-state index is 5.63. The highest BCUT2D eigenvalue weighted by molar-refractivity contribution is 9.10. The Hall–Kier alpha value is -1.00. The van der Waals surface area contributed by atoms with Crippen LogP contribution in [0.3, 0.4) is 0 Å². The van der Waals surface area contributed by atoms with Gasteiger partial charge in [0.05, 0.1) is 0 Å². The molecule has 0 amide bonds. The fourth-order valence-corrected chi connectivity index (χ4v) is 2.58. The van der Waals surface area contributed by atoms with E-state index in [-0.39, 0.29) is 0 Å². The van der Waals surface area contributed by atoms with Gasteiger partial charge in [-0.05, 0) is 31.2 Å². The number of benzene rings is 1. The number of hydrogen-bond acceptors (Lipinski definition) is 3. The van der Waals surface area contributed by atoms with Crippen molar-refractivity contribution in [3.05, 3.63) is 34.3 Å². The Kier molecular flexibility index (Phi) is 4.88. The van der Waals surface area contributed by atoms with Gasteiger partial charge in [-0.3, -0.25) is 4.90 Å². The van der Waals surface area contributed by atoms with Crippen molar-refractivity contribution in [3.8, 4) is 11.5 Å². The predicted molar refractivity (Wildman–Crippen MR) is 80.9 cm³/mol. The molecule has 0 atom stereocenters. The van der Waals surface area contributed by atoms with Gasteiger partial charge >= 0.3 is 0 Å². The van der Waals surface area contributed by atoms with E-state index in [1.807, 2.05) is 6.07 Å². The van der Waals surface area contributed by atoms with E-state index in [4.69, 9.17) is 9.47 Å². The second-order valence-electron chi connectivity index (χ2n) is 4.85. The molecule has 0 aliphatic carbocycles. The van der Waals surface area contributed by atoms with Crippen LogP contribution >= 0.6 is 15.9 Å². The van der Waals surface area contributed by atoms with Gasteiger partial charge in [0.1, 0.15) is 13.2 Å². The quantitative estimate of drug-likeness (QED) is 0.772. The van der Waals surface area contributed by atoms with Crippen molar-refractivity contribution < 1.29 is 9.47 Å². The number of halogens is 1. The minimum absolute atomic E-state index is 0.621. The molecule has 0 unspecified atom stereocenters. The van der Waals surface area contributed by atoms with Gasteiger partial charge in [0.2, 0.25) is 0 Å². The summed E-state index contributed by atoms with van der Waals surface area (Å²) in [5, 5.41) is 0. The summed E-state index contributed by atoms with van der Waals surface area (Å²) in [6.07, 6.45) is 0. The van der Waals surface area contributed by atoms with Gasteiger partial charge < -0.3 is 9.47 Å². The maximum Gasteiger partial charge on any atom is 0.162 e. The van der Waals surface area contributed by atoms with E-state index in [9.17, 15) is 0 Å². The van der Waals surface area contributed by atoms with E-state index in [1.165, 1.54) is 11.1 Å². The minimum Gasteiger partial charge on any atom is -0.486 e. The van der Waals surface area contributed by atoms with Crippen LogP contribution in [0, 0.1) is 0 Å². The Morgan fingerprint density at radius 3 is 2.53 bits per heavy atom. The average molecular weight is 326 g/mol. The molecule has 1 heterocycles. The van der Waals surface area contributed by atoms with Gasteiger partial charge in [-0.1, -0.05) is 35.0 Å². The van der Waals surface area contributed by atoms with Crippen LogP contribution in [0.1, 0.15) is 19.4 Å².